The van der Waals surface area contributed by atoms with E-state index < -0.39 is 0 Å². The van der Waals surface area contributed by atoms with Crippen molar-refractivity contribution in [2.75, 3.05) is 0 Å². The summed E-state index contributed by atoms with van der Waals surface area (Å²) in [5.74, 6) is 1.82. The molecule has 0 saturated heterocycles. The molecule has 0 aromatic heterocycles. The summed E-state index contributed by atoms with van der Waals surface area (Å²) >= 11 is 0. The van der Waals surface area contributed by atoms with Gasteiger partial charge in [0.2, 0.25) is 0 Å². The van der Waals surface area contributed by atoms with E-state index in [1.165, 1.54) is 51.4 Å². The Morgan fingerprint density at radius 2 is 1.00 bits per heavy atom. The van der Waals surface area contributed by atoms with E-state index in [1.807, 2.05) is 0 Å². The molecule has 0 N–H and O–H groups in total. The normalized spacial score (nSPS) is 11.6. The number of hydrogen-bond donors (Lipinski definition) is 0. The molecule has 0 fully saturated rings. The first-order chi connectivity index (χ1) is 8.13. The molecule has 0 unspecified atom stereocenters. The fourth-order valence-electron chi connectivity index (χ4n) is 2.34. The van der Waals surface area contributed by atoms with Crippen molar-refractivity contribution >= 4 is 9.52 Å². The van der Waals surface area contributed by atoms with E-state index in [1.54, 1.807) is 12.1 Å². The molecule has 0 atom stereocenters. The Kier molecular flexibility index (Phi) is 12.8. The van der Waals surface area contributed by atoms with Crippen LogP contribution in [0.1, 0.15) is 79.1 Å². The molecule has 0 amide bonds. The van der Waals surface area contributed by atoms with Gasteiger partial charge in [0.15, 0.2) is 0 Å². The molecule has 0 aromatic rings. The summed E-state index contributed by atoms with van der Waals surface area (Å²) in [4.78, 5) is 0. The van der Waals surface area contributed by atoms with Gasteiger partial charge in [-0.2, -0.15) is 0 Å². The van der Waals surface area contributed by atoms with Gasteiger partial charge in [-0.3, -0.25) is 0 Å². The second-order valence-corrected chi connectivity index (χ2v) is 8.67. The van der Waals surface area contributed by atoms with E-state index in [-0.39, 0.29) is 0 Å². The SMILES string of the molecule is CC(C)CCCCC[SiH2]CCCCCC(C)C. The predicted molar refractivity (Wildman–Crippen MR) is 84.8 cm³/mol. The molecule has 0 aliphatic heterocycles. The molecule has 0 bridgehead atoms. The molecule has 0 radical (unpaired) electrons. The van der Waals surface area contributed by atoms with Crippen LogP contribution in [-0.2, 0) is 0 Å². The van der Waals surface area contributed by atoms with Gasteiger partial charge in [0, 0.05) is 9.52 Å². The van der Waals surface area contributed by atoms with Crippen molar-refractivity contribution in [2.45, 2.75) is 91.1 Å². The Labute approximate surface area is 113 Å². The van der Waals surface area contributed by atoms with Gasteiger partial charge in [0.05, 0.1) is 0 Å². The summed E-state index contributed by atoms with van der Waals surface area (Å²) in [5.41, 5.74) is 0. The number of hydrogen-bond acceptors (Lipinski definition) is 0. The molecular formula is C16H36Si. The lowest BCUT2D eigenvalue weighted by Gasteiger charge is -2.05. The van der Waals surface area contributed by atoms with Gasteiger partial charge in [-0.05, 0) is 11.8 Å². The summed E-state index contributed by atoms with van der Waals surface area (Å²) in [7, 11) is 0.317. The smallest absolute Gasteiger partial charge is 0.0197 e. The number of unbranched alkanes of at least 4 members (excludes halogenated alkanes) is 4. The highest BCUT2D eigenvalue weighted by Crippen LogP contribution is 2.12. The van der Waals surface area contributed by atoms with Crippen LogP contribution in [0.2, 0.25) is 12.1 Å². The third-order valence-electron chi connectivity index (χ3n) is 3.56. The van der Waals surface area contributed by atoms with E-state index in [2.05, 4.69) is 27.7 Å². The molecule has 0 aliphatic rings. The van der Waals surface area contributed by atoms with Crippen molar-refractivity contribution in [3.8, 4) is 0 Å². The van der Waals surface area contributed by atoms with Crippen LogP contribution in [0.3, 0.4) is 0 Å². The second-order valence-electron chi connectivity index (χ2n) is 6.55. The van der Waals surface area contributed by atoms with Crippen molar-refractivity contribution in [1.82, 2.24) is 0 Å². The van der Waals surface area contributed by atoms with Crippen molar-refractivity contribution in [1.29, 1.82) is 0 Å². The standard InChI is InChI=1S/C16H36Si/c1-15(2)11-7-5-9-13-17-14-10-6-8-12-16(3)4/h15-16H,5-14,17H2,1-4H3. The van der Waals surface area contributed by atoms with E-state index in [0.717, 1.165) is 11.8 Å². The molecule has 0 rings (SSSR count). The molecule has 0 heterocycles. The summed E-state index contributed by atoms with van der Waals surface area (Å²) in [6.07, 6.45) is 11.9. The zero-order valence-electron chi connectivity index (χ0n) is 12.9. The maximum Gasteiger partial charge on any atom is 0.0197 e. The average molecular weight is 257 g/mol. The number of rotatable bonds is 12. The Balaban J connectivity index is 2.94. The van der Waals surface area contributed by atoms with Crippen molar-refractivity contribution < 1.29 is 0 Å². The van der Waals surface area contributed by atoms with Gasteiger partial charge in [-0.25, -0.2) is 0 Å². The summed E-state index contributed by atoms with van der Waals surface area (Å²) in [6, 6.07) is 3.23. The molecule has 0 aromatic carbocycles. The van der Waals surface area contributed by atoms with Crippen LogP contribution in [-0.4, -0.2) is 9.52 Å². The van der Waals surface area contributed by atoms with E-state index in [4.69, 9.17) is 0 Å². The highest BCUT2D eigenvalue weighted by Gasteiger charge is 1.96. The Bertz CT molecular complexity index is 124. The fourth-order valence-corrected chi connectivity index (χ4v) is 4.11. The van der Waals surface area contributed by atoms with Gasteiger partial charge in [-0.1, -0.05) is 91.1 Å². The van der Waals surface area contributed by atoms with Crippen LogP contribution < -0.4 is 0 Å². The lowest BCUT2D eigenvalue weighted by molar-refractivity contribution is 0.532. The largest absolute Gasteiger partial charge is 0.0628 e. The summed E-state index contributed by atoms with van der Waals surface area (Å²) < 4.78 is 0. The highest BCUT2D eigenvalue weighted by molar-refractivity contribution is 6.35. The third kappa shape index (κ3) is 16.2. The van der Waals surface area contributed by atoms with Crippen LogP contribution in [0.15, 0.2) is 0 Å². The maximum atomic E-state index is 2.34. The Morgan fingerprint density at radius 3 is 1.35 bits per heavy atom. The minimum Gasteiger partial charge on any atom is -0.0628 e. The molecular weight excluding hydrogens is 220 g/mol. The topological polar surface area (TPSA) is 0 Å². The molecule has 104 valence electrons. The molecule has 0 saturated carbocycles. The van der Waals surface area contributed by atoms with Gasteiger partial charge in [0.25, 0.3) is 0 Å². The van der Waals surface area contributed by atoms with Crippen molar-refractivity contribution in [3.05, 3.63) is 0 Å². The van der Waals surface area contributed by atoms with E-state index in [0.29, 0.717) is 9.52 Å². The van der Waals surface area contributed by atoms with Crippen LogP contribution in [0.4, 0.5) is 0 Å². The zero-order valence-corrected chi connectivity index (χ0v) is 14.3. The maximum absolute atomic E-state index is 2.34. The van der Waals surface area contributed by atoms with Crippen molar-refractivity contribution in [3.63, 3.8) is 0 Å². The molecule has 0 aliphatic carbocycles. The molecule has 17 heavy (non-hydrogen) atoms. The first-order valence-electron chi connectivity index (χ1n) is 8.13. The van der Waals surface area contributed by atoms with Gasteiger partial charge in [0.1, 0.15) is 0 Å². The van der Waals surface area contributed by atoms with Gasteiger partial charge < -0.3 is 0 Å². The average Bonchev–Trinajstić information content (AvgIpc) is 2.25. The predicted octanol–water partition coefficient (Wildman–Crippen LogP) is 5.42. The first-order valence-corrected chi connectivity index (χ1v) is 10.1. The molecule has 0 spiro atoms. The highest BCUT2D eigenvalue weighted by atomic mass is 28.2. The fraction of sp³-hybridized carbons (Fsp3) is 1.00. The van der Waals surface area contributed by atoms with E-state index >= 15 is 0 Å². The monoisotopic (exact) mass is 256 g/mol. The quantitative estimate of drug-likeness (QED) is 0.323. The summed E-state index contributed by atoms with van der Waals surface area (Å²) in [5, 5.41) is 0. The zero-order chi connectivity index (χ0) is 12.9. The summed E-state index contributed by atoms with van der Waals surface area (Å²) in [6.45, 7) is 9.36. The Hall–Kier alpha value is 0.217. The minimum absolute atomic E-state index is 0.317. The minimum atomic E-state index is 0.317. The Morgan fingerprint density at radius 1 is 0.588 bits per heavy atom. The van der Waals surface area contributed by atoms with Crippen LogP contribution in [0.25, 0.3) is 0 Å². The van der Waals surface area contributed by atoms with Crippen LogP contribution in [0.5, 0.6) is 0 Å². The molecule has 1 heteroatoms. The van der Waals surface area contributed by atoms with Crippen molar-refractivity contribution in [2.24, 2.45) is 11.8 Å². The van der Waals surface area contributed by atoms with Gasteiger partial charge in [-0.15, -0.1) is 0 Å². The molecule has 0 nitrogen and oxygen atoms in total. The first kappa shape index (κ1) is 17.2. The second kappa shape index (κ2) is 12.7. The van der Waals surface area contributed by atoms with Gasteiger partial charge >= 0.3 is 0 Å². The third-order valence-corrected chi connectivity index (χ3v) is 5.56. The van der Waals surface area contributed by atoms with Crippen LogP contribution in [0, 0.1) is 11.8 Å². The lowest BCUT2D eigenvalue weighted by atomic mass is 10.1. The van der Waals surface area contributed by atoms with E-state index in [9.17, 15) is 0 Å². The lowest BCUT2D eigenvalue weighted by Crippen LogP contribution is -1.92. The van der Waals surface area contributed by atoms with Crippen LogP contribution >= 0.6 is 0 Å².